The molecule has 0 aliphatic rings. The average Bonchev–Trinajstić information content (AvgIpc) is 2.44. The molecule has 1 aromatic heterocycles. The van der Waals surface area contributed by atoms with Crippen LogP contribution < -0.4 is 5.32 Å². The van der Waals surface area contributed by atoms with Gasteiger partial charge in [-0.25, -0.2) is 0 Å². The zero-order valence-electron chi connectivity index (χ0n) is 9.52. The van der Waals surface area contributed by atoms with E-state index in [9.17, 15) is 9.59 Å². The quantitative estimate of drug-likeness (QED) is 0.760. The number of carbonyl (C=O) groups is 2. The summed E-state index contributed by atoms with van der Waals surface area (Å²) in [6, 6.07) is 0.970. The third kappa shape index (κ3) is 3.08. The normalized spacial score (nSPS) is 12.2. The number of rotatable bonds is 4. The summed E-state index contributed by atoms with van der Waals surface area (Å²) in [6.07, 6.45) is 0. The van der Waals surface area contributed by atoms with Crippen LogP contribution >= 0.6 is 0 Å². The number of carbonyl (C=O) groups excluding carboxylic acids is 1. The molecule has 2 N–H and O–H groups in total. The van der Waals surface area contributed by atoms with Gasteiger partial charge in [-0.15, -0.1) is 0 Å². The van der Waals surface area contributed by atoms with Gasteiger partial charge in [0.25, 0.3) is 0 Å². The van der Waals surface area contributed by atoms with Crippen LogP contribution in [0.2, 0.25) is 0 Å². The summed E-state index contributed by atoms with van der Waals surface area (Å²) < 4.78 is 1.54. The van der Waals surface area contributed by atoms with Crippen LogP contribution in [-0.2, 0) is 16.1 Å². The first-order valence-corrected chi connectivity index (χ1v) is 4.93. The molecule has 0 radical (unpaired) electrons. The van der Waals surface area contributed by atoms with Gasteiger partial charge in [-0.3, -0.25) is 14.3 Å². The van der Waals surface area contributed by atoms with Crippen molar-refractivity contribution in [3.8, 4) is 0 Å². The van der Waals surface area contributed by atoms with E-state index in [4.69, 9.17) is 5.11 Å². The molecule has 6 nitrogen and oxygen atoms in total. The van der Waals surface area contributed by atoms with Crippen molar-refractivity contribution in [1.82, 2.24) is 15.1 Å². The highest BCUT2D eigenvalue weighted by Crippen LogP contribution is 2.01. The van der Waals surface area contributed by atoms with Crippen LogP contribution in [0.1, 0.15) is 18.3 Å². The Labute approximate surface area is 93.3 Å². The van der Waals surface area contributed by atoms with E-state index in [1.807, 2.05) is 19.9 Å². The van der Waals surface area contributed by atoms with Crippen molar-refractivity contribution < 1.29 is 14.7 Å². The van der Waals surface area contributed by atoms with Crippen molar-refractivity contribution in [2.24, 2.45) is 0 Å². The highest BCUT2D eigenvalue weighted by molar-refractivity contribution is 5.83. The predicted octanol–water partition coefficient (Wildman–Crippen LogP) is 0.0892. The number of carboxylic acids is 1. The molecular weight excluding hydrogens is 210 g/mol. The number of carboxylic acid groups (broad SMARTS) is 1. The number of nitrogens with one attached hydrogen (secondary N) is 1. The van der Waals surface area contributed by atoms with Crippen molar-refractivity contribution in [3.63, 3.8) is 0 Å². The number of nitrogens with zero attached hydrogens (tertiary/aromatic N) is 2. The zero-order chi connectivity index (χ0) is 12.3. The van der Waals surface area contributed by atoms with Gasteiger partial charge in [-0.2, -0.15) is 5.10 Å². The Hall–Kier alpha value is -1.85. The fourth-order valence-corrected chi connectivity index (χ4v) is 1.32. The Balaban J connectivity index is 2.58. The molecule has 0 aliphatic heterocycles. The summed E-state index contributed by atoms with van der Waals surface area (Å²) >= 11 is 0. The number of hydrogen-bond donors (Lipinski definition) is 2. The number of aromatic nitrogens is 2. The summed E-state index contributed by atoms with van der Waals surface area (Å²) in [5.41, 5.74) is 1.70. The molecule has 0 fully saturated rings. The van der Waals surface area contributed by atoms with E-state index in [1.54, 1.807) is 4.68 Å². The standard InChI is InChI=1S/C10H15N3O3/c1-6-4-7(2)13(12-6)5-9(14)11-8(3)10(15)16/h4,8H,5H2,1-3H3,(H,11,14)(H,15,16)/t8-/m1/s1. The molecule has 0 unspecified atom stereocenters. The SMILES string of the molecule is Cc1cc(C)n(CC(=O)N[C@H](C)C(=O)O)n1. The van der Waals surface area contributed by atoms with Crippen LogP contribution in [0.3, 0.4) is 0 Å². The molecule has 1 atom stereocenters. The smallest absolute Gasteiger partial charge is 0.325 e. The highest BCUT2D eigenvalue weighted by atomic mass is 16.4. The maximum absolute atomic E-state index is 11.5. The molecule has 88 valence electrons. The largest absolute Gasteiger partial charge is 0.480 e. The third-order valence-electron chi connectivity index (χ3n) is 2.14. The molecule has 1 amide bonds. The maximum atomic E-state index is 11.5. The fraction of sp³-hybridized carbons (Fsp3) is 0.500. The lowest BCUT2D eigenvalue weighted by Gasteiger charge is -2.09. The first-order chi connectivity index (χ1) is 7.40. The summed E-state index contributed by atoms with van der Waals surface area (Å²) in [5.74, 6) is -1.41. The molecule has 16 heavy (non-hydrogen) atoms. The van der Waals surface area contributed by atoms with Crippen LogP contribution in [0.25, 0.3) is 0 Å². The molecule has 0 saturated carbocycles. The third-order valence-corrected chi connectivity index (χ3v) is 2.14. The van der Waals surface area contributed by atoms with Gasteiger partial charge in [0.2, 0.25) is 5.91 Å². The molecule has 0 spiro atoms. The van der Waals surface area contributed by atoms with Crippen molar-refractivity contribution >= 4 is 11.9 Å². The van der Waals surface area contributed by atoms with E-state index in [1.165, 1.54) is 6.92 Å². The van der Waals surface area contributed by atoms with E-state index in [2.05, 4.69) is 10.4 Å². The first-order valence-electron chi connectivity index (χ1n) is 4.93. The molecule has 1 aromatic rings. The lowest BCUT2D eigenvalue weighted by molar-refractivity contribution is -0.141. The molecule has 1 heterocycles. The van der Waals surface area contributed by atoms with Crippen LogP contribution in [0.5, 0.6) is 0 Å². The van der Waals surface area contributed by atoms with Crippen molar-refractivity contribution in [1.29, 1.82) is 0 Å². The number of aliphatic carboxylic acids is 1. The Morgan fingerprint density at radius 3 is 2.62 bits per heavy atom. The minimum Gasteiger partial charge on any atom is -0.480 e. The second kappa shape index (κ2) is 4.78. The van der Waals surface area contributed by atoms with Gasteiger partial charge in [0.15, 0.2) is 0 Å². The second-order valence-electron chi connectivity index (χ2n) is 3.71. The van der Waals surface area contributed by atoms with Gasteiger partial charge < -0.3 is 10.4 Å². The van der Waals surface area contributed by atoms with E-state index >= 15 is 0 Å². The Bertz CT molecular complexity index is 411. The van der Waals surface area contributed by atoms with Gasteiger partial charge in [-0.05, 0) is 26.8 Å². The van der Waals surface area contributed by atoms with Gasteiger partial charge in [0.05, 0.1) is 5.69 Å². The van der Waals surface area contributed by atoms with E-state index in [0.29, 0.717) is 0 Å². The van der Waals surface area contributed by atoms with Gasteiger partial charge in [0, 0.05) is 5.69 Å². The molecule has 0 bridgehead atoms. The minimum absolute atomic E-state index is 0.0390. The Morgan fingerprint density at radius 2 is 2.19 bits per heavy atom. The Morgan fingerprint density at radius 1 is 1.56 bits per heavy atom. The first kappa shape index (κ1) is 12.2. The van der Waals surface area contributed by atoms with E-state index < -0.39 is 12.0 Å². The fourth-order valence-electron chi connectivity index (χ4n) is 1.32. The van der Waals surface area contributed by atoms with E-state index in [-0.39, 0.29) is 12.5 Å². The van der Waals surface area contributed by atoms with Gasteiger partial charge in [-0.1, -0.05) is 0 Å². The van der Waals surface area contributed by atoms with Crippen molar-refractivity contribution in [2.45, 2.75) is 33.4 Å². The summed E-state index contributed by atoms with van der Waals surface area (Å²) in [7, 11) is 0. The maximum Gasteiger partial charge on any atom is 0.325 e. The lowest BCUT2D eigenvalue weighted by atomic mass is 10.3. The second-order valence-corrected chi connectivity index (χ2v) is 3.71. The highest BCUT2D eigenvalue weighted by Gasteiger charge is 2.14. The lowest BCUT2D eigenvalue weighted by Crippen LogP contribution is -2.40. The minimum atomic E-state index is -1.05. The van der Waals surface area contributed by atoms with Crippen LogP contribution in [0.4, 0.5) is 0 Å². The molecule has 0 saturated heterocycles. The predicted molar refractivity (Wildman–Crippen MR) is 56.9 cm³/mol. The monoisotopic (exact) mass is 225 g/mol. The molecule has 1 rings (SSSR count). The topological polar surface area (TPSA) is 84.2 Å². The Kier molecular flexibility index (Phi) is 3.65. The van der Waals surface area contributed by atoms with Crippen molar-refractivity contribution in [3.05, 3.63) is 17.5 Å². The number of amides is 1. The zero-order valence-corrected chi connectivity index (χ0v) is 9.52. The molecule has 0 aromatic carbocycles. The molecular formula is C10H15N3O3. The van der Waals surface area contributed by atoms with Gasteiger partial charge >= 0.3 is 5.97 Å². The van der Waals surface area contributed by atoms with E-state index in [0.717, 1.165) is 11.4 Å². The van der Waals surface area contributed by atoms with Gasteiger partial charge in [0.1, 0.15) is 12.6 Å². The van der Waals surface area contributed by atoms with Crippen LogP contribution in [-0.4, -0.2) is 32.8 Å². The number of aryl methyl sites for hydroxylation is 2. The number of hydrogen-bond acceptors (Lipinski definition) is 3. The summed E-state index contributed by atoms with van der Waals surface area (Å²) in [5, 5.41) is 15.1. The summed E-state index contributed by atoms with van der Waals surface area (Å²) in [4.78, 5) is 22.0. The van der Waals surface area contributed by atoms with Crippen LogP contribution in [0, 0.1) is 13.8 Å². The van der Waals surface area contributed by atoms with Crippen molar-refractivity contribution in [2.75, 3.05) is 0 Å². The molecule has 0 aliphatic carbocycles. The van der Waals surface area contributed by atoms with Crippen LogP contribution in [0.15, 0.2) is 6.07 Å². The average molecular weight is 225 g/mol. The molecule has 6 heteroatoms. The summed E-state index contributed by atoms with van der Waals surface area (Å²) in [6.45, 7) is 5.13.